The van der Waals surface area contributed by atoms with Gasteiger partial charge in [0.2, 0.25) is 0 Å². The first-order valence-corrected chi connectivity index (χ1v) is 5.13. The maximum absolute atomic E-state index is 5.85. The maximum Gasteiger partial charge on any atom is 0.141 e. The summed E-state index contributed by atoms with van der Waals surface area (Å²) in [6.07, 6.45) is 4.03. The average Bonchev–Trinajstić information content (AvgIpc) is 2.84. The van der Waals surface area contributed by atoms with Crippen LogP contribution >= 0.6 is 11.6 Å². The van der Waals surface area contributed by atoms with Crippen LogP contribution in [0, 0.1) is 0 Å². The van der Waals surface area contributed by atoms with Gasteiger partial charge in [0.1, 0.15) is 22.6 Å². The Hall–Kier alpha value is -1.42. The normalized spacial score (nSPS) is 12.9. The van der Waals surface area contributed by atoms with Gasteiger partial charge in [-0.3, -0.25) is 0 Å². The lowest BCUT2D eigenvalue weighted by atomic mass is 10.2. The monoisotopic (exact) mass is 225 g/mol. The second-order valence-electron chi connectivity index (χ2n) is 3.26. The molecule has 0 bridgehead atoms. The average molecular weight is 226 g/mol. The second-order valence-corrected chi connectivity index (χ2v) is 3.67. The predicted octanol–water partition coefficient (Wildman–Crippen LogP) is 2.71. The van der Waals surface area contributed by atoms with Crippen LogP contribution in [-0.4, -0.2) is 9.78 Å². The van der Waals surface area contributed by atoms with E-state index in [0.717, 1.165) is 12.2 Å². The second kappa shape index (κ2) is 3.98. The number of rotatable bonds is 3. The van der Waals surface area contributed by atoms with Crippen molar-refractivity contribution in [2.45, 2.75) is 19.4 Å². The largest absolute Gasteiger partial charge is 0.467 e. The van der Waals surface area contributed by atoms with Crippen LogP contribution in [0.1, 0.15) is 25.1 Å². The van der Waals surface area contributed by atoms with Crippen LogP contribution < -0.4 is 5.73 Å². The van der Waals surface area contributed by atoms with E-state index in [2.05, 4.69) is 5.10 Å². The van der Waals surface area contributed by atoms with Gasteiger partial charge in [0.05, 0.1) is 12.5 Å². The summed E-state index contributed by atoms with van der Waals surface area (Å²) in [5, 5.41) is 4.61. The molecule has 15 heavy (non-hydrogen) atoms. The summed E-state index contributed by atoms with van der Waals surface area (Å²) in [4.78, 5) is 0. The van der Waals surface area contributed by atoms with Crippen LogP contribution in [0.3, 0.4) is 0 Å². The number of hydrogen-bond donors (Lipinski definition) is 1. The van der Waals surface area contributed by atoms with Crippen molar-refractivity contribution in [1.29, 1.82) is 0 Å². The van der Waals surface area contributed by atoms with Crippen molar-refractivity contribution in [2.75, 3.05) is 5.73 Å². The minimum absolute atomic E-state index is 0.00694. The Labute approximate surface area is 92.6 Å². The van der Waals surface area contributed by atoms with Crippen molar-refractivity contribution < 1.29 is 4.42 Å². The Kier molecular flexibility index (Phi) is 2.68. The van der Waals surface area contributed by atoms with Crippen LogP contribution in [0.4, 0.5) is 5.82 Å². The van der Waals surface area contributed by atoms with Crippen LogP contribution in [0.2, 0.25) is 5.02 Å². The molecule has 0 aliphatic rings. The molecule has 2 N–H and O–H groups in total. The SMILES string of the molecule is CCC(c1ccco1)n1ncc(Cl)c1N. The van der Waals surface area contributed by atoms with Gasteiger partial charge in [-0.15, -0.1) is 0 Å². The minimum atomic E-state index is 0.00694. The number of anilines is 1. The summed E-state index contributed by atoms with van der Waals surface area (Å²) in [5.41, 5.74) is 5.81. The zero-order valence-electron chi connectivity index (χ0n) is 8.35. The third-order valence-electron chi connectivity index (χ3n) is 2.34. The lowest BCUT2D eigenvalue weighted by Gasteiger charge is -2.14. The van der Waals surface area contributed by atoms with Crippen LogP contribution in [0.15, 0.2) is 29.0 Å². The molecule has 0 aliphatic carbocycles. The first kappa shape index (κ1) is 10.1. The van der Waals surface area contributed by atoms with E-state index in [-0.39, 0.29) is 6.04 Å². The fourth-order valence-electron chi connectivity index (χ4n) is 1.57. The van der Waals surface area contributed by atoms with Crippen molar-refractivity contribution in [2.24, 2.45) is 0 Å². The summed E-state index contributed by atoms with van der Waals surface area (Å²) in [7, 11) is 0. The van der Waals surface area contributed by atoms with E-state index < -0.39 is 0 Å². The van der Waals surface area contributed by atoms with E-state index >= 15 is 0 Å². The quantitative estimate of drug-likeness (QED) is 0.874. The van der Waals surface area contributed by atoms with Crippen molar-refractivity contribution in [1.82, 2.24) is 9.78 Å². The molecule has 0 saturated heterocycles. The molecule has 0 aromatic carbocycles. The zero-order chi connectivity index (χ0) is 10.8. The van der Waals surface area contributed by atoms with Gasteiger partial charge in [-0.1, -0.05) is 18.5 Å². The van der Waals surface area contributed by atoms with E-state index in [1.807, 2.05) is 19.1 Å². The molecule has 0 saturated carbocycles. The molecule has 5 heteroatoms. The number of hydrogen-bond acceptors (Lipinski definition) is 3. The molecule has 4 nitrogen and oxygen atoms in total. The summed E-state index contributed by atoms with van der Waals surface area (Å²) < 4.78 is 7.03. The van der Waals surface area contributed by atoms with Crippen molar-refractivity contribution in [3.8, 4) is 0 Å². The third kappa shape index (κ3) is 1.72. The molecular formula is C10H12ClN3O. The van der Waals surface area contributed by atoms with Gasteiger partial charge >= 0.3 is 0 Å². The third-order valence-corrected chi connectivity index (χ3v) is 2.63. The number of halogens is 1. The molecule has 2 aromatic rings. The minimum Gasteiger partial charge on any atom is -0.467 e. The van der Waals surface area contributed by atoms with Gasteiger partial charge in [-0.25, -0.2) is 4.68 Å². The van der Waals surface area contributed by atoms with Crippen molar-refractivity contribution in [3.05, 3.63) is 35.4 Å². The molecule has 1 atom stereocenters. The fourth-order valence-corrected chi connectivity index (χ4v) is 1.70. The molecule has 2 rings (SSSR count). The Balaban J connectivity index is 2.40. The van der Waals surface area contributed by atoms with E-state index in [0.29, 0.717) is 10.8 Å². The first-order valence-electron chi connectivity index (χ1n) is 4.76. The number of nitrogen functional groups attached to an aromatic ring is 1. The van der Waals surface area contributed by atoms with Gasteiger partial charge in [-0.2, -0.15) is 5.10 Å². The van der Waals surface area contributed by atoms with E-state index in [4.69, 9.17) is 21.8 Å². The van der Waals surface area contributed by atoms with Crippen molar-refractivity contribution >= 4 is 17.4 Å². The van der Waals surface area contributed by atoms with Crippen molar-refractivity contribution in [3.63, 3.8) is 0 Å². The Morgan fingerprint density at radius 1 is 1.67 bits per heavy atom. The van der Waals surface area contributed by atoms with Gasteiger partial charge in [0, 0.05) is 0 Å². The summed E-state index contributed by atoms with van der Waals surface area (Å²) in [6, 6.07) is 3.76. The number of nitrogens with zero attached hydrogens (tertiary/aromatic N) is 2. The predicted molar refractivity (Wildman–Crippen MR) is 58.8 cm³/mol. The van der Waals surface area contributed by atoms with Gasteiger partial charge in [-0.05, 0) is 18.6 Å². The van der Waals surface area contributed by atoms with Gasteiger partial charge < -0.3 is 10.2 Å². The molecule has 0 aliphatic heterocycles. The van der Waals surface area contributed by atoms with Crippen LogP contribution in [0.25, 0.3) is 0 Å². The Morgan fingerprint density at radius 3 is 2.93 bits per heavy atom. The highest BCUT2D eigenvalue weighted by Crippen LogP contribution is 2.27. The zero-order valence-corrected chi connectivity index (χ0v) is 9.11. The molecule has 2 heterocycles. The standard InChI is InChI=1S/C10H12ClN3O/c1-2-8(9-4-3-5-15-9)14-10(12)7(11)6-13-14/h3-6,8H,2,12H2,1H3. The lowest BCUT2D eigenvalue weighted by Crippen LogP contribution is -2.13. The van der Waals surface area contributed by atoms with E-state index in [1.54, 1.807) is 17.1 Å². The van der Waals surface area contributed by atoms with E-state index in [9.17, 15) is 0 Å². The number of nitrogens with two attached hydrogens (primary N) is 1. The first-order chi connectivity index (χ1) is 7.24. The molecule has 1 unspecified atom stereocenters. The molecule has 0 spiro atoms. The summed E-state index contributed by atoms with van der Waals surface area (Å²) >= 11 is 5.85. The maximum atomic E-state index is 5.85. The molecule has 0 fully saturated rings. The lowest BCUT2D eigenvalue weighted by molar-refractivity contribution is 0.401. The molecule has 0 amide bonds. The van der Waals surface area contributed by atoms with Gasteiger partial charge in [0.15, 0.2) is 0 Å². The smallest absolute Gasteiger partial charge is 0.141 e. The summed E-state index contributed by atoms with van der Waals surface area (Å²) in [5.74, 6) is 1.31. The highest BCUT2D eigenvalue weighted by molar-refractivity contribution is 6.32. The topological polar surface area (TPSA) is 57.0 Å². The highest BCUT2D eigenvalue weighted by atomic mass is 35.5. The summed E-state index contributed by atoms with van der Waals surface area (Å²) in [6.45, 7) is 2.04. The molecule has 80 valence electrons. The Bertz CT molecular complexity index is 435. The highest BCUT2D eigenvalue weighted by Gasteiger charge is 2.18. The molecular weight excluding hydrogens is 214 g/mol. The van der Waals surface area contributed by atoms with Crippen LogP contribution in [-0.2, 0) is 0 Å². The number of aromatic nitrogens is 2. The van der Waals surface area contributed by atoms with Gasteiger partial charge in [0.25, 0.3) is 0 Å². The molecule has 2 aromatic heterocycles. The van der Waals surface area contributed by atoms with E-state index in [1.165, 1.54) is 0 Å². The molecule has 0 radical (unpaired) electrons. The fraction of sp³-hybridized carbons (Fsp3) is 0.300. The van der Waals surface area contributed by atoms with Crippen LogP contribution in [0.5, 0.6) is 0 Å². The number of furan rings is 1. The Morgan fingerprint density at radius 2 is 2.47 bits per heavy atom.